The number of nitrogens with zero attached hydrogens (tertiary/aromatic N) is 1. The maximum atomic E-state index is 13.9. The fourth-order valence-corrected chi connectivity index (χ4v) is 3.82. The predicted molar refractivity (Wildman–Crippen MR) is 98.0 cm³/mol. The highest BCUT2D eigenvalue weighted by Gasteiger charge is 2.36. The summed E-state index contributed by atoms with van der Waals surface area (Å²) in [5.41, 5.74) is 0.841. The highest BCUT2D eigenvalue weighted by Crippen LogP contribution is 2.28. The van der Waals surface area contributed by atoms with Crippen LogP contribution in [0.3, 0.4) is 0 Å². The minimum atomic E-state index is -3.92. The van der Waals surface area contributed by atoms with Crippen molar-refractivity contribution in [2.75, 3.05) is 16.8 Å². The number of hydrogen-bond donors (Lipinski definition) is 2. The Bertz CT molecular complexity index is 1020. The first-order valence-corrected chi connectivity index (χ1v) is 9.70. The molecule has 3 rings (SSSR count). The van der Waals surface area contributed by atoms with Crippen LogP contribution in [0.1, 0.15) is 12.0 Å². The van der Waals surface area contributed by atoms with Crippen LogP contribution in [0.15, 0.2) is 47.4 Å². The third-order valence-electron chi connectivity index (χ3n) is 4.40. The molecule has 0 aromatic heterocycles. The zero-order valence-corrected chi connectivity index (χ0v) is 15.3. The summed E-state index contributed by atoms with van der Waals surface area (Å²) in [6, 6.07) is 10.2. The van der Waals surface area contributed by atoms with Gasteiger partial charge in [0.25, 0.3) is 0 Å². The van der Waals surface area contributed by atoms with E-state index >= 15 is 0 Å². The van der Waals surface area contributed by atoms with Crippen molar-refractivity contribution in [3.63, 3.8) is 0 Å². The lowest BCUT2D eigenvalue weighted by molar-refractivity contribution is -0.122. The molecule has 0 aliphatic carbocycles. The second kappa shape index (κ2) is 7.09. The van der Waals surface area contributed by atoms with Crippen LogP contribution in [-0.2, 0) is 19.6 Å². The number of para-hydroxylation sites is 1. The molecular formula is C18H18FN3O4S. The number of nitrogens with two attached hydrogens (primary N) is 1. The van der Waals surface area contributed by atoms with E-state index in [9.17, 15) is 22.4 Å². The van der Waals surface area contributed by atoms with Crippen molar-refractivity contribution in [2.45, 2.75) is 18.2 Å². The van der Waals surface area contributed by atoms with Crippen molar-refractivity contribution in [2.24, 2.45) is 11.1 Å². The maximum absolute atomic E-state index is 13.9. The number of hydrogen-bond acceptors (Lipinski definition) is 4. The fraction of sp³-hybridized carbons (Fsp3) is 0.222. The third-order valence-corrected chi connectivity index (χ3v) is 5.45. The molecule has 2 aromatic rings. The molecule has 0 spiro atoms. The largest absolute Gasteiger partial charge is 0.326 e. The summed E-state index contributed by atoms with van der Waals surface area (Å²) < 4.78 is 37.1. The first-order chi connectivity index (χ1) is 12.7. The average molecular weight is 391 g/mol. The molecule has 1 unspecified atom stereocenters. The Morgan fingerprint density at radius 1 is 1.26 bits per heavy atom. The molecular weight excluding hydrogens is 373 g/mol. The van der Waals surface area contributed by atoms with Gasteiger partial charge in [0, 0.05) is 18.7 Å². The van der Waals surface area contributed by atoms with E-state index in [-0.39, 0.29) is 35.1 Å². The third kappa shape index (κ3) is 3.99. The van der Waals surface area contributed by atoms with Crippen molar-refractivity contribution in [1.29, 1.82) is 0 Å². The monoisotopic (exact) mass is 391 g/mol. The number of primary sulfonamides is 1. The second-order valence-corrected chi connectivity index (χ2v) is 7.90. The molecule has 1 aliphatic rings. The standard InChI is InChI=1S/C18H18FN3O4S/c1-11-6-7-13(9-16(11)27(20,25)26)21-18(24)12-8-17(23)22(10-12)15-5-3-2-4-14(15)19/h2-7,9,12H,8,10H2,1H3,(H,21,24)(H2,20,25,26). The van der Waals surface area contributed by atoms with Gasteiger partial charge in [0.05, 0.1) is 16.5 Å². The van der Waals surface area contributed by atoms with Crippen molar-refractivity contribution < 1.29 is 22.4 Å². The smallest absolute Gasteiger partial charge is 0.238 e. The van der Waals surface area contributed by atoms with Gasteiger partial charge in [-0.05, 0) is 36.8 Å². The van der Waals surface area contributed by atoms with Crippen LogP contribution in [0.2, 0.25) is 0 Å². The molecule has 3 N–H and O–H groups in total. The lowest BCUT2D eigenvalue weighted by Gasteiger charge is -2.17. The molecule has 1 aliphatic heterocycles. The van der Waals surface area contributed by atoms with Crippen LogP contribution in [0.4, 0.5) is 15.8 Å². The number of anilines is 2. The number of aryl methyl sites for hydroxylation is 1. The van der Waals surface area contributed by atoms with Crippen molar-refractivity contribution in [1.82, 2.24) is 0 Å². The van der Waals surface area contributed by atoms with Crippen LogP contribution < -0.4 is 15.4 Å². The van der Waals surface area contributed by atoms with E-state index in [1.165, 1.54) is 35.2 Å². The number of rotatable bonds is 4. The van der Waals surface area contributed by atoms with Crippen LogP contribution in [0, 0.1) is 18.7 Å². The van der Waals surface area contributed by atoms with Crippen LogP contribution in [0.25, 0.3) is 0 Å². The molecule has 142 valence electrons. The summed E-state index contributed by atoms with van der Waals surface area (Å²) in [6.45, 7) is 1.63. The Hall–Kier alpha value is -2.78. The second-order valence-electron chi connectivity index (χ2n) is 6.37. The van der Waals surface area contributed by atoms with E-state index in [1.54, 1.807) is 19.1 Å². The van der Waals surface area contributed by atoms with Crippen LogP contribution in [0.5, 0.6) is 0 Å². The molecule has 0 saturated carbocycles. The number of carbonyl (C=O) groups excluding carboxylic acids is 2. The van der Waals surface area contributed by atoms with Gasteiger partial charge in [-0.15, -0.1) is 0 Å². The molecule has 2 amide bonds. The summed E-state index contributed by atoms with van der Waals surface area (Å²) in [5.74, 6) is -2.03. The van der Waals surface area contributed by atoms with Gasteiger partial charge >= 0.3 is 0 Å². The van der Waals surface area contributed by atoms with Crippen LogP contribution >= 0.6 is 0 Å². The van der Waals surface area contributed by atoms with Gasteiger partial charge in [0.1, 0.15) is 5.82 Å². The van der Waals surface area contributed by atoms with Gasteiger partial charge in [-0.1, -0.05) is 18.2 Å². The molecule has 7 nitrogen and oxygen atoms in total. The Balaban J connectivity index is 1.76. The van der Waals surface area contributed by atoms with E-state index in [4.69, 9.17) is 5.14 Å². The Labute approximate surface area is 156 Å². The molecule has 27 heavy (non-hydrogen) atoms. The zero-order valence-electron chi connectivity index (χ0n) is 14.5. The number of benzene rings is 2. The normalized spacial score (nSPS) is 17.2. The number of halogens is 1. The lowest BCUT2D eigenvalue weighted by Crippen LogP contribution is -2.28. The Kier molecular flexibility index (Phi) is 4.99. The quantitative estimate of drug-likeness (QED) is 0.828. The molecule has 1 fully saturated rings. The zero-order chi connectivity index (χ0) is 19.8. The summed E-state index contributed by atoms with van der Waals surface area (Å²) in [6.07, 6.45) is -0.0614. The molecule has 2 aromatic carbocycles. The summed E-state index contributed by atoms with van der Waals surface area (Å²) in [7, 11) is -3.92. The summed E-state index contributed by atoms with van der Waals surface area (Å²) in [4.78, 5) is 25.9. The number of nitrogens with one attached hydrogen (secondary N) is 1. The van der Waals surface area contributed by atoms with E-state index < -0.39 is 27.7 Å². The molecule has 0 bridgehead atoms. The molecule has 9 heteroatoms. The minimum absolute atomic E-state index is 0.0412. The number of amides is 2. The Morgan fingerprint density at radius 3 is 2.63 bits per heavy atom. The van der Waals surface area contributed by atoms with Crippen molar-refractivity contribution in [3.8, 4) is 0 Å². The van der Waals surface area contributed by atoms with Gasteiger partial charge in [-0.3, -0.25) is 9.59 Å². The summed E-state index contributed by atoms with van der Waals surface area (Å²) in [5, 5.41) is 7.77. The number of carbonyl (C=O) groups is 2. The topological polar surface area (TPSA) is 110 Å². The lowest BCUT2D eigenvalue weighted by atomic mass is 10.1. The van der Waals surface area contributed by atoms with Crippen molar-refractivity contribution in [3.05, 3.63) is 53.8 Å². The van der Waals surface area contributed by atoms with Gasteiger partial charge < -0.3 is 10.2 Å². The predicted octanol–water partition coefficient (Wildman–Crippen LogP) is 1.77. The van der Waals surface area contributed by atoms with Crippen LogP contribution in [-0.4, -0.2) is 26.8 Å². The SMILES string of the molecule is Cc1ccc(NC(=O)C2CC(=O)N(c3ccccc3F)C2)cc1S(N)(=O)=O. The van der Waals surface area contributed by atoms with E-state index in [1.807, 2.05) is 0 Å². The molecule has 0 radical (unpaired) electrons. The van der Waals surface area contributed by atoms with Gasteiger partial charge in [0.2, 0.25) is 21.8 Å². The first kappa shape index (κ1) is 19.0. The Morgan fingerprint density at radius 2 is 1.96 bits per heavy atom. The molecule has 1 atom stereocenters. The first-order valence-electron chi connectivity index (χ1n) is 8.16. The van der Waals surface area contributed by atoms with E-state index in [0.29, 0.717) is 5.56 Å². The minimum Gasteiger partial charge on any atom is -0.326 e. The maximum Gasteiger partial charge on any atom is 0.238 e. The average Bonchev–Trinajstić information content (AvgIpc) is 2.98. The van der Waals surface area contributed by atoms with Crippen molar-refractivity contribution >= 4 is 33.2 Å². The highest BCUT2D eigenvalue weighted by atomic mass is 32.2. The molecule has 1 saturated heterocycles. The van der Waals surface area contributed by atoms with Gasteiger partial charge in [-0.25, -0.2) is 17.9 Å². The van der Waals surface area contributed by atoms with Gasteiger partial charge in [0.15, 0.2) is 0 Å². The van der Waals surface area contributed by atoms with E-state index in [0.717, 1.165) is 0 Å². The fourth-order valence-electron chi connectivity index (χ4n) is 3.02. The van der Waals surface area contributed by atoms with E-state index in [2.05, 4.69) is 5.32 Å². The summed E-state index contributed by atoms with van der Waals surface area (Å²) >= 11 is 0. The number of sulfonamides is 1. The molecule has 1 heterocycles. The highest BCUT2D eigenvalue weighted by molar-refractivity contribution is 7.89. The van der Waals surface area contributed by atoms with Gasteiger partial charge in [-0.2, -0.15) is 0 Å².